The van der Waals surface area contributed by atoms with Crippen molar-refractivity contribution >= 4 is 35.0 Å². The fraction of sp³-hybridized carbons (Fsp3) is 0.333. The monoisotopic (exact) mass is 512 g/mol. The Bertz CT molecular complexity index is 1240. The van der Waals surface area contributed by atoms with Crippen LogP contribution in [0, 0.1) is 17.0 Å². The van der Waals surface area contributed by atoms with Crippen LogP contribution in [-0.2, 0) is 22.6 Å². The van der Waals surface area contributed by atoms with Crippen LogP contribution in [0.3, 0.4) is 0 Å². The lowest BCUT2D eigenvalue weighted by molar-refractivity contribution is -0.385. The number of aromatic nitrogens is 3. The number of hydrogen-bond acceptors (Lipinski definition) is 8. The summed E-state index contributed by atoms with van der Waals surface area (Å²) in [6.45, 7) is 5.94. The average molecular weight is 513 g/mol. The Morgan fingerprint density at radius 3 is 2.53 bits per heavy atom. The van der Waals surface area contributed by atoms with Crippen LogP contribution in [-0.4, -0.2) is 44.4 Å². The molecular weight excluding hydrogens is 484 g/mol. The number of methoxy groups -OCH3 is 1. The Hall–Kier alpha value is -3.93. The van der Waals surface area contributed by atoms with E-state index in [1.165, 1.54) is 17.8 Å². The van der Waals surface area contributed by atoms with E-state index in [-0.39, 0.29) is 35.7 Å². The quantitative estimate of drug-likeness (QED) is 0.225. The Morgan fingerprint density at radius 2 is 1.89 bits per heavy atom. The number of benzene rings is 2. The number of thioether (sulfide) groups is 1. The molecular formula is C24H28N6O5S. The fourth-order valence-corrected chi connectivity index (χ4v) is 4.33. The lowest BCUT2D eigenvalue weighted by atomic mass is 10.1. The second kappa shape index (κ2) is 12.2. The molecule has 0 bridgehead atoms. The average Bonchev–Trinajstić information content (AvgIpc) is 3.27. The largest absolute Gasteiger partial charge is 0.497 e. The zero-order chi connectivity index (χ0) is 26.2. The molecule has 0 aliphatic rings. The Kier molecular flexibility index (Phi) is 9.01. The van der Waals surface area contributed by atoms with Gasteiger partial charge in [0.2, 0.25) is 11.8 Å². The summed E-state index contributed by atoms with van der Waals surface area (Å²) in [5, 5.41) is 25.7. The van der Waals surface area contributed by atoms with E-state index < -0.39 is 4.92 Å². The topological polar surface area (TPSA) is 141 Å². The molecule has 0 aliphatic carbocycles. The molecule has 0 unspecified atom stereocenters. The number of nitrogens with one attached hydrogen (secondary N) is 2. The van der Waals surface area contributed by atoms with Crippen LogP contribution in [0.1, 0.15) is 36.8 Å². The number of nitro benzene ring substituents is 1. The third kappa shape index (κ3) is 6.81. The van der Waals surface area contributed by atoms with Gasteiger partial charge in [0.15, 0.2) is 11.0 Å². The minimum absolute atomic E-state index is 0.0397. The van der Waals surface area contributed by atoms with Crippen molar-refractivity contribution < 1.29 is 19.2 Å². The molecule has 1 atom stereocenters. The van der Waals surface area contributed by atoms with Crippen molar-refractivity contribution in [3.05, 3.63) is 69.5 Å². The van der Waals surface area contributed by atoms with Crippen LogP contribution >= 0.6 is 11.8 Å². The van der Waals surface area contributed by atoms with Gasteiger partial charge in [-0.25, -0.2) is 0 Å². The van der Waals surface area contributed by atoms with Crippen LogP contribution in [0.2, 0.25) is 0 Å². The van der Waals surface area contributed by atoms with Gasteiger partial charge in [-0.2, -0.15) is 0 Å². The molecule has 0 radical (unpaired) electrons. The lowest BCUT2D eigenvalue weighted by Gasteiger charge is -2.15. The number of anilines is 1. The molecule has 2 aromatic carbocycles. The highest BCUT2D eigenvalue weighted by Gasteiger charge is 2.20. The molecule has 190 valence electrons. The van der Waals surface area contributed by atoms with Gasteiger partial charge < -0.3 is 19.9 Å². The van der Waals surface area contributed by atoms with Crippen LogP contribution < -0.4 is 15.4 Å². The van der Waals surface area contributed by atoms with Crippen molar-refractivity contribution in [1.29, 1.82) is 0 Å². The normalized spacial score (nSPS) is 11.6. The van der Waals surface area contributed by atoms with E-state index in [1.54, 1.807) is 38.3 Å². The van der Waals surface area contributed by atoms with Gasteiger partial charge >= 0.3 is 0 Å². The molecule has 12 heteroatoms. The first-order valence-electron chi connectivity index (χ1n) is 11.2. The molecule has 2 amide bonds. The zero-order valence-corrected chi connectivity index (χ0v) is 21.3. The SMILES string of the molecule is CCn1c(SCC(=O)Nc2ccc(C)c([N+](=O)[O-])c2)nnc1[C@H](C)NC(=O)Cc1ccc(OC)cc1. The van der Waals surface area contributed by atoms with Gasteiger partial charge in [-0.3, -0.25) is 19.7 Å². The number of ether oxygens (including phenoxy) is 1. The Balaban J connectivity index is 1.58. The second-order valence-electron chi connectivity index (χ2n) is 7.99. The van der Waals surface area contributed by atoms with Crippen molar-refractivity contribution in [1.82, 2.24) is 20.1 Å². The maximum atomic E-state index is 12.5. The van der Waals surface area contributed by atoms with Gasteiger partial charge in [0, 0.05) is 23.9 Å². The molecule has 0 fully saturated rings. The number of amides is 2. The van der Waals surface area contributed by atoms with Crippen molar-refractivity contribution in [2.24, 2.45) is 0 Å². The van der Waals surface area contributed by atoms with E-state index in [1.807, 2.05) is 30.5 Å². The van der Waals surface area contributed by atoms with E-state index in [4.69, 9.17) is 4.74 Å². The maximum Gasteiger partial charge on any atom is 0.274 e. The second-order valence-corrected chi connectivity index (χ2v) is 8.94. The Morgan fingerprint density at radius 1 is 1.17 bits per heavy atom. The van der Waals surface area contributed by atoms with E-state index in [0.29, 0.717) is 28.8 Å². The van der Waals surface area contributed by atoms with Gasteiger partial charge in [-0.15, -0.1) is 10.2 Å². The molecule has 0 saturated carbocycles. The zero-order valence-electron chi connectivity index (χ0n) is 20.5. The molecule has 0 spiro atoms. The van der Waals surface area contributed by atoms with E-state index in [0.717, 1.165) is 11.3 Å². The van der Waals surface area contributed by atoms with E-state index >= 15 is 0 Å². The molecule has 36 heavy (non-hydrogen) atoms. The summed E-state index contributed by atoms with van der Waals surface area (Å²) in [7, 11) is 1.59. The minimum Gasteiger partial charge on any atom is -0.497 e. The molecule has 3 aromatic rings. The summed E-state index contributed by atoms with van der Waals surface area (Å²) in [5.41, 5.74) is 1.67. The molecule has 1 heterocycles. The Labute approximate surface area is 212 Å². The third-order valence-electron chi connectivity index (χ3n) is 5.37. The van der Waals surface area contributed by atoms with Gasteiger partial charge in [-0.1, -0.05) is 30.0 Å². The van der Waals surface area contributed by atoms with Crippen LogP contribution in [0.25, 0.3) is 0 Å². The fourth-order valence-electron chi connectivity index (χ4n) is 3.52. The molecule has 2 N–H and O–H groups in total. The van der Waals surface area contributed by atoms with Crippen molar-refractivity contribution in [2.75, 3.05) is 18.2 Å². The number of hydrogen-bond donors (Lipinski definition) is 2. The van der Waals surface area contributed by atoms with Crippen molar-refractivity contribution in [2.45, 2.75) is 44.9 Å². The lowest BCUT2D eigenvalue weighted by Crippen LogP contribution is -2.30. The highest BCUT2D eigenvalue weighted by Crippen LogP contribution is 2.24. The van der Waals surface area contributed by atoms with Crippen LogP contribution in [0.15, 0.2) is 47.6 Å². The summed E-state index contributed by atoms with van der Waals surface area (Å²) in [5.74, 6) is 0.864. The van der Waals surface area contributed by atoms with Gasteiger partial charge in [0.1, 0.15) is 5.75 Å². The first kappa shape index (κ1) is 26.7. The van der Waals surface area contributed by atoms with Crippen molar-refractivity contribution in [3.8, 4) is 5.75 Å². The van der Waals surface area contributed by atoms with Gasteiger partial charge in [0.25, 0.3) is 5.69 Å². The number of nitrogens with zero attached hydrogens (tertiary/aromatic N) is 4. The summed E-state index contributed by atoms with van der Waals surface area (Å²) in [6.07, 6.45) is 0.216. The third-order valence-corrected chi connectivity index (χ3v) is 6.34. The van der Waals surface area contributed by atoms with Crippen LogP contribution in [0.4, 0.5) is 11.4 Å². The highest BCUT2D eigenvalue weighted by molar-refractivity contribution is 7.99. The highest BCUT2D eigenvalue weighted by atomic mass is 32.2. The molecule has 0 aliphatic heterocycles. The van der Waals surface area contributed by atoms with E-state index in [2.05, 4.69) is 20.8 Å². The molecule has 0 saturated heterocycles. The molecule has 1 aromatic heterocycles. The number of rotatable bonds is 11. The number of carbonyl (C=O) groups excluding carboxylic acids is 2. The molecule has 11 nitrogen and oxygen atoms in total. The first-order chi connectivity index (χ1) is 17.2. The van der Waals surface area contributed by atoms with E-state index in [9.17, 15) is 19.7 Å². The summed E-state index contributed by atoms with van der Waals surface area (Å²) < 4.78 is 6.98. The minimum atomic E-state index is -0.484. The maximum absolute atomic E-state index is 12.5. The summed E-state index contributed by atoms with van der Waals surface area (Å²) in [4.78, 5) is 35.6. The number of aryl methyl sites for hydroxylation is 1. The number of nitro groups is 1. The number of carbonyl (C=O) groups is 2. The standard InChI is InChI=1S/C24H28N6O5S/c1-5-29-23(16(3)25-21(31)12-17-7-10-19(35-4)11-8-17)27-28-24(29)36-14-22(32)26-18-9-6-15(2)20(13-18)30(33)34/h6-11,13,16H,5,12,14H2,1-4H3,(H,25,31)(H,26,32)/t16-/m0/s1. The smallest absolute Gasteiger partial charge is 0.274 e. The first-order valence-corrected chi connectivity index (χ1v) is 12.2. The summed E-state index contributed by atoms with van der Waals surface area (Å²) >= 11 is 1.19. The van der Waals surface area contributed by atoms with Crippen molar-refractivity contribution in [3.63, 3.8) is 0 Å². The van der Waals surface area contributed by atoms with Gasteiger partial charge in [-0.05, 0) is 44.5 Å². The molecule has 3 rings (SSSR count). The van der Waals surface area contributed by atoms with Crippen LogP contribution in [0.5, 0.6) is 5.75 Å². The summed E-state index contributed by atoms with van der Waals surface area (Å²) in [6, 6.07) is 11.4. The predicted octanol–water partition coefficient (Wildman–Crippen LogP) is 3.67. The van der Waals surface area contributed by atoms with Gasteiger partial charge in [0.05, 0.1) is 30.2 Å². The predicted molar refractivity (Wildman–Crippen MR) is 136 cm³/mol.